The predicted octanol–water partition coefficient (Wildman–Crippen LogP) is 4.46. The number of aryl methyl sites for hydroxylation is 1. The van der Waals surface area contributed by atoms with E-state index in [2.05, 4.69) is 10.3 Å². The Labute approximate surface area is 149 Å². The molecule has 0 spiro atoms. The topological polar surface area (TPSA) is 72.4 Å². The summed E-state index contributed by atoms with van der Waals surface area (Å²) in [6, 6.07) is 7.52. The van der Waals surface area contributed by atoms with E-state index in [1.165, 1.54) is 0 Å². The van der Waals surface area contributed by atoms with Crippen LogP contribution in [0.3, 0.4) is 0 Å². The van der Waals surface area contributed by atoms with Crippen molar-refractivity contribution in [2.75, 3.05) is 6.54 Å². The molecule has 4 rings (SSSR count). The number of likely N-dealkylation sites (tertiary alicyclic amines) is 1. The summed E-state index contributed by atoms with van der Waals surface area (Å²) in [7, 11) is 0. The zero-order valence-corrected chi connectivity index (χ0v) is 14.8. The van der Waals surface area contributed by atoms with Crippen molar-refractivity contribution in [2.45, 2.75) is 38.6 Å². The number of hydrogen-bond donors (Lipinski definition) is 0. The van der Waals surface area contributed by atoms with Crippen LogP contribution in [0.1, 0.15) is 53.7 Å². The number of rotatable bonds is 3. The van der Waals surface area contributed by atoms with E-state index in [0.29, 0.717) is 12.2 Å². The first-order valence-corrected chi connectivity index (χ1v) is 9.35. The van der Waals surface area contributed by atoms with Crippen molar-refractivity contribution in [2.24, 2.45) is 0 Å². The normalized spacial score (nSPS) is 18.3. The Morgan fingerprint density at radius 3 is 2.92 bits per heavy atom. The summed E-state index contributed by atoms with van der Waals surface area (Å²) < 4.78 is 10.7. The number of nitrogens with zero attached hydrogens (tertiary/aromatic N) is 3. The Morgan fingerprint density at radius 2 is 2.16 bits per heavy atom. The first-order chi connectivity index (χ1) is 12.2. The largest absolute Gasteiger partial charge is 0.355 e. The van der Waals surface area contributed by atoms with Gasteiger partial charge in [-0.3, -0.25) is 4.79 Å². The molecule has 1 aliphatic rings. The molecular formula is C18H19N3O3S. The summed E-state index contributed by atoms with van der Waals surface area (Å²) >= 11 is 1.61. The third kappa shape index (κ3) is 3.24. The lowest BCUT2D eigenvalue weighted by molar-refractivity contribution is 0.0631. The molecule has 1 fully saturated rings. The van der Waals surface area contributed by atoms with Crippen molar-refractivity contribution in [3.63, 3.8) is 0 Å². The second-order valence-corrected chi connectivity index (χ2v) is 7.24. The highest BCUT2D eigenvalue weighted by Gasteiger charge is 2.31. The monoisotopic (exact) mass is 357 g/mol. The smallest absolute Gasteiger partial charge is 0.293 e. The first-order valence-electron chi connectivity index (χ1n) is 8.47. The predicted molar refractivity (Wildman–Crippen MR) is 93.3 cm³/mol. The van der Waals surface area contributed by atoms with Crippen molar-refractivity contribution < 1.29 is 13.8 Å². The molecule has 0 aromatic carbocycles. The average Bonchev–Trinajstić information content (AvgIpc) is 3.33. The minimum atomic E-state index is -0.131. The fourth-order valence-corrected chi connectivity index (χ4v) is 3.92. The Bertz CT molecular complexity index is 853. The Kier molecular flexibility index (Phi) is 4.40. The van der Waals surface area contributed by atoms with Crippen LogP contribution < -0.4 is 0 Å². The molecule has 0 radical (unpaired) electrons. The maximum atomic E-state index is 12.9. The SMILES string of the molecule is Cc1cc(C(=O)N2CCCCCC2c2cc(-c3cccs3)on2)on1. The summed E-state index contributed by atoms with van der Waals surface area (Å²) in [5, 5.41) is 10.1. The Balaban J connectivity index is 1.64. The molecule has 0 bridgehead atoms. The van der Waals surface area contributed by atoms with Gasteiger partial charge in [0.1, 0.15) is 5.69 Å². The van der Waals surface area contributed by atoms with Gasteiger partial charge >= 0.3 is 0 Å². The van der Waals surface area contributed by atoms with Gasteiger partial charge in [0.25, 0.3) is 5.91 Å². The van der Waals surface area contributed by atoms with Crippen molar-refractivity contribution >= 4 is 17.2 Å². The quantitative estimate of drug-likeness (QED) is 0.692. The molecule has 1 unspecified atom stereocenters. The number of aromatic nitrogens is 2. The van der Waals surface area contributed by atoms with Gasteiger partial charge in [0.05, 0.1) is 16.6 Å². The lowest BCUT2D eigenvalue weighted by Gasteiger charge is -2.27. The molecule has 3 aromatic heterocycles. The second kappa shape index (κ2) is 6.84. The van der Waals surface area contributed by atoms with Crippen LogP contribution in [0.5, 0.6) is 0 Å². The van der Waals surface area contributed by atoms with Gasteiger partial charge in [0, 0.05) is 18.7 Å². The molecule has 0 aliphatic carbocycles. The molecular weight excluding hydrogens is 338 g/mol. The van der Waals surface area contributed by atoms with E-state index in [1.54, 1.807) is 17.4 Å². The van der Waals surface area contributed by atoms with Crippen LogP contribution in [-0.2, 0) is 0 Å². The van der Waals surface area contributed by atoms with Gasteiger partial charge in [0.2, 0.25) is 5.76 Å². The van der Waals surface area contributed by atoms with E-state index in [0.717, 1.165) is 42.0 Å². The van der Waals surface area contributed by atoms with Crippen molar-refractivity contribution in [3.05, 3.63) is 46.8 Å². The lowest BCUT2D eigenvalue weighted by Crippen LogP contribution is -2.34. The fraction of sp³-hybridized carbons (Fsp3) is 0.389. The van der Waals surface area contributed by atoms with Crippen LogP contribution in [0.15, 0.2) is 38.7 Å². The van der Waals surface area contributed by atoms with E-state index in [1.807, 2.05) is 35.4 Å². The first kappa shape index (κ1) is 16.1. The zero-order valence-electron chi connectivity index (χ0n) is 14.0. The zero-order chi connectivity index (χ0) is 17.2. The molecule has 7 heteroatoms. The standard InChI is InChI=1S/C18H19N3O3S/c1-12-10-16(24-19-12)18(22)21-8-4-2-3-6-14(21)13-11-15(23-20-13)17-7-5-9-25-17/h5,7,9-11,14H,2-4,6,8H2,1H3. The molecule has 1 amide bonds. The van der Waals surface area contributed by atoms with Crippen LogP contribution in [0.25, 0.3) is 10.6 Å². The highest BCUT2D eigenvalue weighted by molar-refractivity contribution is 7.13. The molecule has 3 aromatic rings. The van der Waals surface area contributed by atoms with Gasteiger partial charge in [-0.25, -0.2) is 0 Å². The third-order valence-electron chi connectivity index (χ3n) is 4.49. The summed E-state index contributed by atoms with van der Waals surface area (Å²) in [6.07, 6.45) is 4.01. The maximum absolute atomic E-state index is 12.9. The van der Waals surface area contributed by atoms with Crippen LogP contribution in [0.2, 0.25) is 0 Å². The van der Waals surface area contributed by atoms with Gasteiger partial charge in [-0.1, -0.05) is 29.2 Å². The number of carbonyl (C=O) groups excluding carboxylic acids is 1. The average molecular weight is 357 g/mol. The Hall–Kier alpha value is -2.41. The molecule has 6 nitrogen and oxygen atoms in total. The van der Waals surface area contributed by atoms with Crippen molar-refractivity contribution in [1.82, 2.24) is 15.2 Å². The number of carbonyl (C=O) groups is 1. The highest BCUT2D eigenvalue weighted by atomic mass is 32.1. The van der Waals surface area contributed by atoms with E-state index < -0.39 is 0 Å². The third-order valence-corrected chi connectivity index (χ3v) is 5.37. The van der Waals surface area contributed by atoms with Crippen LogP contribution >= 0.6 is 11.3 Å². The summed E-state index contributed by atoms with van der Waals surface area (Å²) in [5.74, 6) is 0.900. The molecule has 1 atom stereocenters. The number of hydrogen-bond acceptors (Lipinski definition) is 6. The summed E-state index contributed by atoms with van der Waals surface area (Å²) in [6.45, 7) is 2.50. The lowest BCUT2D eigenvalue weighted by atomic mass is 10.1. The van der Waals surface area contributed by atoms with Gasteiger partial charge < -0.3 is 13.9 Å². The molecule has 1 saturated heterocycles. The van der Waals surface area contributed by atoms with Gasteiger partial charge in [-0.05, 0) is 31.2 Å². The highest BCUT2D eigenvalue weighted by Crippen LogP contribution is 2.34. The minimum absolute atomic E-state index is 0.0992. The van der Waals surface area contributed by atoms with Crippen LogP contribution in [-0.4, -0.2) is 27.7 Å². The molecule has 25 heavy (non-hydrogen) atoms. The molecule has 0 saturated carbocycles. The second-order valence-electron chi connectivity index (χ2n) is 6.29. The van der Waals surface area contributed by atoms with E-state index in [4.69, 9.17) is 9.05 Å². The Morgan fingerprint density at radius 1 is 1.24 bits per heavy atom. The number of amides is 1. The summed E-state index contributed by atoms with van der Waals surface area (Å²) in [5.41, 5.74) is 1.51. The molecule has 130 valence electrons. The van der Waals surface area contributed by atoms with Gasteiger partial charge in [-0.2, -0.15) is 0 Å². The summed E-state index contributed by atoms with van der Waals surface area (Å²) in [4.78, 5) is 15.8. The van der Waals surface area contributed by atoms with Crippen LogP contribution in [0.4, 0.5) is 0 Å². The van der Waals surface area contributed by atoms with E-state index in [-0.39, 0.29) is 17.7 Å². The molecule has 0 N–H and O–H groups in total. The molecule has 4 heterocycles. The van der Waals surface area contributed by atoms with E-state index >= 15 is 0 Å². The van der Waals surface area contributed by atoms with Crippen LogP contribution in [0, 0.1) is 6.92 Å². The number of thiophene rings is 1. The van der Waals surface area contributed by atoms with Gasteiger partial charge in [0.15, 0.2) is 5.76 Å². The van der Waals surface area contributed by atoms with E-state index in [9.17, 15) is 4.79 Å². The molecule has 1 aliphatic heterocycles. The van der Waals surface area contributed by atoms with Crippen molar-refractivity contribution in [3.8, 4) is 10.6 Å². The fourth-order valence-electron chi connectivity index (χ4n) is 3.25. The maximum Gasteiger partial charge on any atom is 0.293 e. The van der Waals surface area contributed by atoms with Crippen molar-refractivity contribution in [1.29, 1.82) is 0 Å². The minimum Gasteiger partial charge on any atom is -0.355 e. The van der Waals surface area contributed by atoms with Gasteiger partial charge in [-0.15, -0.1) is 11.3 Å².